The van der Waals surface area contributed by atoms with Gasteiger partial charge < -0.3 is 14.5 Å². The Balaban J connectivity index is 1.51. The van der Waals surface area contributed by atoms with Crippen LogP contribution in [0.1, 0.15) is 12.7 Å². The van der Waals surface area contributed by atoms with Crippen LogP contribution >= 0.6 is 0 Å². The molecule has 1 amide bonds. The molecule has 0 radical (unpaired) electrons. The number of ether oxygens (including phenoxy) is 2. The van der Waals surface area contributed by atoms with Gasteiger partial charge in [0.2, 0.25) is 5.95 Å². The molecule has 1 aliphatic rings. The van der Waals surface area contributed by atoms with Gasteiger partial charge in [0.15, 0.2) is 0 Å². The van der Waals surface area contributed by atoms with Crippen LogP contribution in [0, 0.1) is 5.82 Å². The number of benzene rings is 1. The number of nitrogens with one attached hydrogen (secondary N) is 2. The van der Waals surface area contributed by atoms with E-state index in [0.717, 1.165) is 30.0 Å². The molecule has 0 unspecified atom stereocenters. The van der Waals surface area contributed by atoms with Crippen molar-refractivity contribution >= 4 is 23.1 Å². The molecule has 4 heterocycles. The van der Waals surface area contributed by atoms with Crippen LogP contribution in [-0.2, 0) is 16.0 Å². The first-order valence-electron chi connectivity index (χ1n) is 11.3. The van der Waals surface area contributed by atoms with Crippen LogP contribution in [0.4, 0.5) is 15.1 Å². The summed E-state index contributed by atoms with van der Waals surface area (Å²) in [4.78, 5) is 34.9. The molecule has 1 aliphatic heterocycles. The summed E-state index contributed by atoms with van der Waals surface area (Å²) in [5, 5.41) is 2.55. The lowest BCUT2D eigenvalue weighted by Crippen LogP contribution is -2.36. The number of aromatic nitrogens is 5. The molecule has 3 aromatic heterocycles. The number of fused-ring (bicyclic) bond motifs is 1. The maximum Gasteiger partial charge on any atom is 0.413 e. The molecule has 35 heavy (non-hydrogen) atoms. The molecule has 1 aromatic carbocycles. The third-order valence-electron chi connectivity index (χ3n) is 5.60. The predicted octanol–water partition coefficient (Wildman–Crippen LogP) is 3.62. The van der Waals surface area contributed by atoms with Crippen LogP contribution in [-0.4, -0.2) is 68.8 Å². The number of H-pyrrole nitrogens is 1. The number of nitrogens with zero attached hydrogens (tertiary/aromatic N) is 5. The Morgan fingerprint density at radius 3 is 2.74 bits per heavy atom. The van der Waals surface area contributed by atoms with Crippen molar-refractivity contribution in [2.24, 2.45) is 0 Å². The van der Waals surface area contributed by atoms with E-state index in [1.807, 2.05) is 6.07 Å². The molecule has 0 saturated carbocycles. The van der Waals surface area contributed by atoms with Gasteiger partial charge in [-0.1, -0.05) is 0 Å². The van der Waals surface area contributed by atoms with E-state index in [0.29, 0.717) is 36.4 Å². The second-order valence-corrected chi connectivity index (χ2v) is 7.96. The average Bonchev–Trinajstić information content (AvgIpc) is 3.27. The third kappa shape index (κ3) is 5.10. The van der Waals surface area contributed by atoms with E-state index in [1.54, 1.807) is 25.4 Å². The highest BCUT2D eigenvalue weighted by Gasteiger charge is 2.18. The number of anilines is 1. The van der Waals surface area contributed by atoms with E-state index in [-0.39, 0.29) is 18.2 Å². The summed E-state index contributed by atoms with van der Waals surface area (Å²) in [6.07, 6.45) is 4.37. The second kappa shape index (κ2) is 10.1. The summed E-state index contributed by atoms with van der Waals surface area (Å²) >= 11 is 0. The normalized spacial score (nSPS) is 14.2. The molecule has 1 saturated heterocycles. The van der Waals surface area contributed by atoms with Crippen molar-refractivity contribution in [3.8, 4) is 22.4 Å². The number of hydrogen-bond acceptors (Lipinski definition) is 8. The number of carbonyl (C=O) groups excluding carboxylic acids is 1. The molecule has 4 aromatic rings. The highest BCUT2D eigenvalue weighted by molar-refractivity contribution is 5.97. The summed E-state index contributed by atoms with van der Waals surface area (Å²) in [5.74, 6) is 0.423. The van der Waals surface area contributed by atoms with Gasteiger partial charge >= 0.3 is 6.09 Å². The van der Waals surface area contributed by atoms with E-state index in [4.69, 9.17) is 9.47 Å². The van der Waals surface area contributed by atoms with Crippen molar-refractivity contribution in [1.82, 2.24) is 29.8 Å². The Hall–Kier alpha value is -3.96. The van der Waals surface area contributed by atoms with Crippen molar-refractivity contribution in [1.29, 1.82) is 0 Å². The number of imidazole rings is 1. The topological polar surface area (TPSA) is 118 Å². The van der Waals surface area contributed by atoms with E-state index < -0.39 is 11.9 Å². The molecule has 10 nitrogen and oxygen atoms in total. The molecule has 5 rings (SSSR count). The van der Waals surface area contributed by atoms with Crippen molar-refractivity contribution < 1.29 is 18.7 Å². The van der Waals surface area contributed by atoms with Crippen molar-refractivity contribution in [3.63, 3.8) is 0 Å². The van der Waals surface area contributed by atoms with Crippen LogP contribution in [0.5, 0.6) is 0 Å². The number of hydrogen-bond donors (Lipinski definition) is 2. The number of morpholine rings is 1. The maximum atomic E-state index is 14.7. The molecule has 1 fully saturated rings. The summed E-state index contributed by atoms with van der Waals surface area (Å²) < 4.78 is 25.0. The lowest BCUT2D eigenvalue weighted by molar-refractivity contribution is 0.0330. The van der Waals surface area contributed by atoms with Gasteiger partial charge in [-0.2, -0.15) is 0 Å². The Bertz CT molecular complexity index is 1340. The van der Waals surface area contributed by atoms with Gasteiger partial charge in [-0.15, -0.1) is 0 Å². The highest BCUT2D eigenvalue weighted by Crippen LogP contribution is 2.33. The standard InChI is InChI=1S/C24H24FN7O3/c1-2-35-24(33)31-23-29-19-11-15(10-17(22(19)30-23)21-18(25)4-3-5-26-21)16-12-27-20(28-13-16)14-32-6-8-34-9-7-32/h3-5,10-13H,2,6-9,14H2,1H3,(H2,29,30,31,33). The SMILES string of the molecule is CCOC(=O)Nc1nc2c(-c3ncccc3F)cc(-c3cnc(CN4CCOCC4)nc3)cc2[nH]1. The fraction of sp³-hybridized carbons (Fsp3) is 0.292. The average molecular weight is 478 g/mol. The summed E-state index contributed by atoms with van der Waals surface area (Å²) in [5.41, 5.74) is 3.18. The van der Waals surface area contributed by atoms with Gasteiger partial charge in [0.1, 0.15) is 22.9 Å². The zero-order valence-corrected chi connectivity index (χ0v) is 19.1. The minimum Gasteiger partial charge on any atom is -0.450 e. The van der Waals surface area contributed by atoms with E-state index in [9.17, 15) is 9.18 Å². The predicted molar refractivity (Wildman–Crippen MR) is 127 cm³/mol. The van der Waals surface area contributed by atoms with Gasteiger partial charge in [0, 0.05) is 42.8 Å². The monoisotopic (exact) mass is 477 g/mol. The molecular weight excluding hydrogens is 453 g/mol. The van der Waals surface area contributed by atoms with Crippen molar-refractivity contribution in [2.45, 2.75) is 13.5 Å². The van der Waals surface area contributed by atoms with Gasteiger partial charge in [-0.25, -0.2) is 24.1 Å². The zero-order valence-electron chi connectivity index (χ0n) is 19.1. The second-order valence-electron chi connectivity index (χ2n) is 7.96. The van der Waals surface area contributed by atoms with E-state index in [2.05, 4.69) is 35.1 Å². The molecule has 0 bridgehead atoms. The van der Waals surface area contributed by atoms with Crippen LogP contribution < -0.4 is 5.32 Å². The first-order valence-corrected chi connectivity index (χ1v) is 11.3. The first kappa shape index (κ1) is 22.8. The minimum atomic E-state index is -0.637. The maximum absolute atomic E-state index is 14.7. The third-order valence-corrected chi connectivity index (χ3v) is 5.60. The lowest BCUT2D eigenvalue weighted by Gasteiger charge is -2.25. The van der Waals surface area contributed by atoms with Crippen LogP contribution in [0.3, 0.4) is 0 Å². The lowest BCUT2D eigenvalue weighted by atomic mass is 10.0. The summed E-state index contributed by atoms with van der Waals surface area (Å²) in [7, 11) is 0. The van der Waals surface area contributed by atoms with Crippen molar-refractivity contribution in [2.75, 3.05) is 38.2 Å². The smallest absolute Gasteiger partial charge is 0.413 e. The number of amides is 1. The number of halogens is 1. The number of aromatic amines is 1. The molecule has 0 spiro atoms. The van der Waals surface area contributed by atoms with Crippen LogP contribution in [0.15, 0.2) is 42.9 Å². The summed E-state index contributed by atoms with van der Waals surface area (Å²) in [6, 6.07) is 6.51. The quantitative estimate of drug-likeness (QED) is 0.432. The van der Waals surface area contributed by atoms with Gasteiger partial charge in [-0.05, 0) is 36.8 Å². The number of rotatable bonds is 6. The Labute approximate surface area is 200 Å². The van der Waals surface area contributed by atoms with Gasteiger partial charge in [-0.3, -0.25) is 15.2 Å². The minimum absolute atomic E-state index is 0.151. The first-order chi connectivity index (χ1) is 17.1. The number of pyridine rings is 1. The highest BCUT2D eigenvalue weighted by atomic mass is 19.1. The molecule has 180 valence electrons. The Morgan fingerprint density at radius 2 is 2.00 bits per heavy atom. The molecule has 0 aliphatic carbocycles. The molecular formula is C24H24FN7O3. The fourth-order valence-electron chi connectivity index (χ4n) is 3.92. The van der Waals surface area contributed by atoms with Crippen molar-refractivity contribution in [3.05, 3.63) is 54.5 Å². The Morgan fingerprint density at radius 1 is 1.20 bits per heavy atom. The van der Waals surface area contributed by atoms with Crippen LogP contribution in [0.25, 0.3) is 33.4 Å². The largest absolute Gasteiger partial charge is 0.450 e. The van der Waals surface area contributed by atoms with E-state index >= 15 is 0 Å². The molecule has 11 heteroatoms. The fourth-order valence-corrected chi connectivity index (χ4v) is 3.92. The van der Waals surface area contributed by atoms with Crippen LogP contribution in [0.2, 0.25) is 0 Å². The zero-order chi connectivity index (χ0) is 24.2. The number of carbonyl (C=O) groups is 1. The van der Waals surface area contributed by atoms with E-state index in [1.165, 1.54) is 18.3 Å². The molecule has 0 atom stereocenters. The summed E-state index contributed by atoms with van der Waals surface area (Å²) in [6.45, 7) is 5.70. The molecule has 2 N–H and O–H groups in total. The van der Waals surface area contributed by atoms with Gasteiger partial charge in [0.05, 0.1) is 31.9 Å². The Kier molecular flexibility index (Phi) is 6.59. The van der Waals surface area contributed by atoms with Gasteiger partial charge in [0.25, 0.3) is 0 Å².